The van der Waals surface area contributed by atoms with Crippen molar-refractivity contribution in [3.8, 4) is 0 Å². The van der Waals surface area contributed by atoms with Crippen LogP contribution in [0.5, 0.6) is 0 Å². The second kappa shape index (κ2) is 5.85. The van der Waals surface area contributed by atoms with E-state index in [4.69, 9.17) is 0 Å². The van der Waals surface area contributed by atoms with Gasteiger partial charge in [0.1, 0.15) is 6.54 Å². The average molecular weight is 252 g/mol. The van der Waals surface area contributed by atoms with Gasteiger partial charge in [-0.2, -0.15) is 0 Å². The fourth-order valence-electron chi connectivity index (χ4n) is 2.20. The molecule has 0 aromatic heterocycles. The predicted octanol–water partition coefficient (Wildman–Crippen LogP) is 4.00. The zero-order chi connectivity index (χ0) is 13.7. The van der Waals surface area contributed by atoms with Crippen LogP contribution in [0.25, 0.3) is 0 Å². The van der Waals surface area contributed by atoms with Gasteiger partial charge in [0.05, 0.1) is 20.3 Å². The van der Waals surface area contributed by atoms with E-state index in [1.54, 1.807) is 0 Å². The van der Waals surface area contributed by atoms with Crippen LogP contribution in [0.3, 0.4) is 0 Å². The molecule has 0 spiro atoms. The van der Waals surface area contributed by atoms with Crippen molar-refractivity contribution in [3.63, 3.8) is 0 Å². The van der Waals surface area contributed by atoms with Crippen LogP contribution < -0.4 is 0 Å². The molecule has 0 aliphatic rings. The Morgan fingerprint density at radius 2 is 1.47 bits per heavy atom. The minimum absolute atomic E-state index is 0.797. The summed E-state index contributed by atoms with van der Waals surface area (Å²) < 4.78 is 0.797. The monoisotopic (exact) mass is 252 g/mol. The van der Waals surface area contributed by atoms with E-state index in [1.165, 1.54) is 16.7 Å². The van der Waals surface area contributed by atoms with Crippen molar-refractivity contribution in [2.75, 3.05) is 14.1 Å². The van der Waals surface area contributed by atoms with E-state index in [1.807, 2.05) is 6.20 Å². The van der Waals surface area contributed by atoms with Gasteiger partial charge in [0.2, 0.25) is 0 Å². The SMILES string of the molecule is C=C[N+](C)(C)Cc1ccccc1Cc1ccccc1. The Bertz CT molecular complexity index is 541. The van der Waals surface area contributed by atoms with E-state index >= 15 is 0 Å². The molecule has 0 saturated carbocycles. The van der Waals surface area contributed by atoms with Crippen LogP contribution in [0.1, 0.15) is 16.7 Å². The molecule has 0 unspecified atom stereocenters. The summed E-state index contributed by atoms with van der Waals surface area (Å²) in [5.41, 5.74) is 4.16. The summed E-state index contributed by atoms with van der Waals surface area (Å²) in [6.07, 6.45) is 2.98. The molecular formula is C18H22N+. The molecular weight excluding hydrogens is 230 g/mol. The van der Waals surface area contributed by atoms with Gasteiger partial charge in [-0.3, -0.25) is 4.48 Å². The third kappa shape index (κ3) is 3.80. The minimum atomic E-state index is 0.797. The Kier molecular flexibility index (Phi) is 4.18. The van der Waals surface area contributed by atoms with Crippen LogP contribution in [0, 0.1) is 0 Å². The molecule has 0 radical (unpaired) electrons. The van der Waals surface area contributed by atoms with E-state index in [0.29, 0.717) is 0 Å². The van der Waals surface area contributed by atoms with E-state index in [9.17, 15) is 0 Å². The van der Waals surface area contributed by atoms with Crippen molar-refractivity contribution >= 4 is 0 Å². The van der Waals surface area contributed by atoms with Crippen molar-refractivity contribution in [1.29, 1.82) is 0 Å². The Balaban J connectivity index is 2.24. The summed E-state index contributed by atoms with van der Waals surface area (Å²) >= 11 is 0. The topological polar surface area (TPSA) is 0 Å². The van der Waals surface area contributed by atoms with Gasteiger partial charge in [-0.05, 0) is 24.1 Å². The lowest BCUT2D eigenvalue weighted by Gasteiger charge is -2.25. The van der Waals surface area contributed by atoms with Gasteiger partial charge in [-0.1, -0.05) is 54.6 Å². The van der Waals surface area contributed by atoms with Crippen molar-refractivity contribution in [2.24, 2.45) is 0 Å². The number of hydrogen-bond acceptors (Lipinski definition) is 0. The standard InChI is InChI=1S/C18H22N/c1-4-19(2,3)15-18-13-9-8-12-17(18)14-16-10-6-5-7-11-16/h4-13H,1,14-15H2,2-3H3/q+1. The summed E-state index contributed by atoms with van der Waals surface area (Å²) in [6.45, 7) is 4.89. The summed E-state index contributed by atoms with van der Waals surface area (Å²) in [5.74, 6) is 0. The average Bonchev–Trinajstić information content (AvgIpc) is 2.42. The first-order valence-electron chi connectivity index (χ1n) is 6.68. The highest BCUT2D eigenvalue weighted by atomic mass is 15.3. The largest absolute Gasteiger partial charge is 0.299 e. The third-order valence-electron chi connectivity index (χ3n) is 3.43. The predicted molar refractivity (Wildman–Crippen MR) is 81.7 cm³/mol. The second-order valence-electron chi connectivity index (χ2n) is 5.55. The number of rotatable bonds is 5. The van der Waals surface area contributed by atoms with Gasteiger partial charge in [0.25, 0.3) is 0 Å². The summed E-state index contributed by atoms with van der Waals surface area (Å²) in [4.78, 5) is 0. The van der Waals surface area contributed by atoms with Crippen molar-refractivity contribution in [3.05, 3.63) is 84.1 Å². The molecule has 1 heteroatoms. The molecule has 2 rings (SSSR count). The molecule has 2 aromatic carbocycles. The zero-order valence-electron chi connectivity index (χ0n) is 11.8. The first-order chi connectivity index (χ1) is 9.11. The molecule has 0 bridgehead atoms. The maximum Gasteiger partial charge on any atom is 0.108 e. The Hall–Kier alpha value is -1.86. The van der Waals surface area contributed by atoms with E-state index in [0.717, 1.165) is 17.4 Å². The highest BCUT2D eigenvalue weighted by Gasteiger charge is 2.14. The lowest BCUT2D eigenvalue weighted by Crippen LogP contribution is -2.32. The van der Waals surface area contributed by atoms with Crippen LogP contribution in [0.2, 0.25) is 0 Å². The highest BCUT2D eigenvalue weighted by molar-refractivity contribution is 5.32. The first-order valence-corrected chi connectivity index (χ1v) is 6.68. The van der Waals surface area contributed by atoms with Crippen LogP contribution in [-0.2, 0) is 13.0 Å². The normalized spacial score (nSPS) is 11.3. The quantitative estimate of drug-likeness (QED) is 0.706. The number of hydrogen-bond donors (Lipinski definition) is 0. The summed E-state index contributed by atoms with van der Waals surface area (Å²) in [5, 5.41) is 0. The molecule has 0 aliphatic heterocycles. The van der Waals surface area contributed by atoms with Gasteiger partial charge in [-0.25, -0.2) is 0 Å². The van der Waals surface area contributed by atoms with Crippen molar-refractivity contribution in [1.82, 2.24) is 0 Å². The minimum Gasteiger partial charge on any atom is -0.299 e. The number of benzene rings is 2. The summed E-state index contributed by atoms with van der Waals surface area (Å²) in [6, 6.07) is 19.3. The molecule has 98 valence electrons. The molecule has 0 heterocycles. The van der Waals surface area contributed by atoms with Gasteiger partial charge in [-0.15, -0.1) is 0 Å². The van der Waals surface area contributed by atoms with Gasteiger partial charge >= 0.3 is 0 Å². The van der Waals surface area contributed by atoms with Crippen molar-refractivity contribution in [2.45, 2.75) is 13.0 Å². The molecule has 1 nitrogen and oxygen atoms in total. The Morgan fingerprint density at radius 3 is 2.11 bits per heavy atom. The maximum absolute atomic E-state index is 3.91. The summed E-state index contributed by atoms with van der Waals surface area (Å²) in [7, 11) is 4.35. The fourth-order valence-corrected chi connectivity index (χ4v) is 2.20. The maximum atomic E-state index is 3.91. The first kappa shape index (κ1) is 13.6. The number of nitrogens with zero attached hydrogens (tertiary/aromatic N) is 1. The van der Waals surface area contributed by atoms with Crippen LogP contribution in [-0.4, -0.2) is 18.6 Å². The molecule has 2 aromatic rings. The van der Waals surface area contributed by atoms with E-state index in [2.05, 4.69) is 75.3 Å². The van der Waals surface area contributed by atoms with E-state index in [-0.39, 0.29) is 0 Å². The number of quaternary nitrogens is 1. The smallest absolute Gasteiger partial charge is 0.108 e. The Morgan fingerprint density at radius 1 is 0.895 bits per heavy atom. The van der Waals surface area contributed by atoms with Crippen LogP contribution in [0.4, 0.5) is 0 Å². The van der Waals surface area contributed by atoms with Gasteiger partial charge < -0.3 is 0 Å². The zero-order valence-corrected chi connectivity index (χ0v) is 11.8. The third-order valence-corrected chi connectivity index (χ3v) is 3.43. The lowest BCUT2D eigenvalue weighted by molar-refractivity contribution is -0.852. The fraction of sp³-hybridized carbons (Fsp3) is 0.222. The molecule has 0 N–H and O–H groups in total. The second-order valence-corrected chi connectivity index (χ2v) is 5.55. The molecule has 0 amide bonds. The molecule has 0 saturated heterocycles. The molecule has 0 fully saturated rings. The van der Waals surface area contributed by atoms with Gasteiger partial charge in [0, 0.05) is 5.56 Å². The van der Waals surface area contributed by atoms with Crippen molar-refractivity contribution < 1.29 is 4.48 Å². The molecule has 0 atom stereocenters. The lowest BCUT2D eigenvalue weighted by atomic mass is 9.99. The molecule has 19 heavy (non-hydrogen) atoms. The van der Waals surface area contributed by atoms with Crippen LogP contribution >= 0.6 is 0 Å². The molecule has 0 aliphatic carbocycles. The Labute approximate surface area is 116 Å². The van der Waals surface area contributed by atoms with Crippen LogP contribution in [0.15, 0.2) is 67.4 Å². The van der Waals surface area contributed by atoms with E-state index < -0.39 is 0 Å². The van der Waals surface area contributed by atoms with Gasteiger partial charge in [0.15, 0.2) is 0 Å². The highest BCUT2D eigenvalue weighted by Crippen LogP contribution is 2.18.